The van der Waals surface area contributed by atoms with E-state index in [9.17, 15) is 0 Å². The molecule has 4 bridgehead atoms. The van der Waals surface area contributed by atoms with Gasteiger partial charge in [0.25, 0.3) is 0 Å². The van der Waals surface area contributed by atoms with E-state index in [-0.39, 0.29) is 0 Å². The molecule has 21 heavy (non-hydrogen) atoms. The van der Waals surface area contributed by atoms with E-state index < -0.39 is 0 Å². The molecule has 1 aromatic rings. The molecule has 4 saturated carbocycles. The highest BCUT2D eigenvalue weighted by Crippen LogP contribution is 2.62. The largest absolute Gasteiger partial charge is 0.312 e. The van der Waals surface area contributed by atoms with Crippen LogP contribution >= 0.6 is 38.9 Å². The Labute approximate surface area is 145 Å². The lowest BCUT2D eigenvalue weighted by Gasteiger charge is -2.57. The van der Waals surface area contributed by atoms with Crippen molar-refractivity contribution < 1.29 is 0 Å². The zero-order chi connectivity index (χ0) is 14.6. The number of rotatable bonds is 4. The number of nitrogens with one attached hydrogen (secondary N) is 1. The Kier molecular flexibility index (Phi) is 3.93. The monoisotopic (exact) mass is 387 g/mol. The third kappa shape index (κ3) is 2.73. The van der Waals surface area contributed by atoms with Crippen molar-refractivity contribution >= 4 is 38.9 Å². The van der Waals surface area contributed by atoms with Crippen LogP contribution in [0.25, 0.3) is 0 Å². The molecule has 1 N–H and O–H groups in total. The Morgan fingerprint density at radius 2 is 1.86 bits per heavy atom. The molecule has 1 nitrogen and oxygen atoms in total. The Balaban J connectivity index is 1.56. The molecule has 4 fully saturated rings. The summed E-state index contributed by atoms with van der Waals surface area (Å²) in [6.07, 6.45) is 10.3. The van der Waals surface area contributed by atoms with Crippen molar-refractivity contribution in [3.63, 3.8) is 0 Å². The molecule has 0 amide bonds. The van der Waals surface area contributed by atoms with Gasteiger partial charge in [-0.05, 0) is 97.2 Å². The second kappa shape index (κ2) is 5.51. The van der Waals surface area contributed by atoms with Gasteiger partial charge in [0.2, 0.25) is 0 Å². The van der Waals surface area contributed by atoms with E-state index in [0.717, 1.165) is 26.6 Å². The minimum absolute atomic E-state index is 0.468. The fraction of sp³-hybridized carbons (Fsp3) is 0.765. The molecule has 1 atom stereocenters. The van der Waals surface area contributed by atoms with Crippen LogP contribution in [0.2, 0.25) is 4.34 Å². The van der Waals surface area contributed by atoms with E-state index in [1.165, 1.54) is 49.8 Å². The topological polar surface area (TPSA) is 12.0 Å². The smallest absolute Gasteiger partial charge is 0.107 e. The predicted molar refractivity (Wildman–Crippen MR) is 94.1 cm³/mol. The highest BCUT2D eigenvalue weighted by molar-refractivity contribution is 9.10. The second-order valence-corrected chi connectivity index (χ2v) is 10.3. The average molecular weight is 389 g/mol. The van der Waals surface area contributed by atoms with E-state index in [1.807, 2.05) is 0 Å². The van der Waals surface area contributed by atoms with Crippen LogP contribution in [0.1, 0.15) is 55.9 Å². The zero-order valence-electron chi connectivity index (χ0n) is 12.5. The summed E-state index contributed by atoms with van der Waals surface area (Å²) in [5.74, 6) is 3.10. The lowest BCUT2D eigenvalue weighted by Crippen LogP contribution is -2.47. The van der Waals surface area contributed by atoms with Crippen LogP contribution in [0.4, 0.5) is 0 Å². The Morgan fingerprint density at radius 3 is 2.29 bits per heavy atom. The molecule has 0 radical (unpaired) electrons. The van der Waals surface area contributed by atoms with Gasteiger partial charge < -0.3 is 5.32 Å². The van der Waals surface area contributed by atoms with Gasteiger partial charge in [0.15, 0.2) is 0 Å². The second-order valence-electron chi connectivity index (χ2n) is 7.73. The van der Waals surface area contributed by atoms with Crippen LogP contribution in [-0.4, -0.2) is 7.05 Å². The summed E-state index contributed by atoms with van der Waals surface area (Å²) in [7, 11) is 2.10. The molecule has 0 spiro atoms. The number of thiophene rings is 1. The number of hydrogen-bond acceptors (Lipinski definition) is 2. The highest BCUT2D eigenvalue weighted by atomic mass is 79.9. The SMILES string of the molecule is CNC(CC12CC3CC(CC(C3)C1)C2)c1cc(Br)c(Cl)s1. The Morgan fingerprint density at radius 1 is 1.29 bits per heavy atom. The van der Waals surface area contributed by atoms with Gasteiger partial charge in [0.05, 0.1) is 0 Å². The molecule has 0 saturated heterocycles. The average Bonchev–Trinajstić information content (AvgIpc) is 2.74. The summed E-state index contributed by atoms with van der Waals surface area (Å²) >= 11 is 11.5. The Bertz CT molecular complexity index is 486. The van der Waals surface area contributed by atoms with E-state index >= 15 is 0 Å². The van der Waals surface area contributed by atoms with Gasteiger partial charge in [-0.25, -0.2) is 0 Å². The van der Waals surface area contributed by atoms with Gasteiger partial charge in [-0.2, -0.15) is 0 Å². The molecule has 4 aliphatic rings. The first-order valence-corrected chi connectivity index (χ1v) is 10.2. The Hall–Kier alpha value is 0.430. The first-order valence-electron chi connectivity index (χ1n) is 8.19. The molecule has 4 aliphatic carbocycles. The van der Waals surface area contributed by atoms with E-state index in [4.69, 9.17) is 11.6 Å². The molecular formula is C17H23BrClNS. The first kappa shape index (κ1) is 15.0. The van der Waals surface area contributed by atoms with Crippen LogP contribution < -0.4 is 5.32 Å². The van der Waals surface area contributed by atoms with E-state index in [1.54, 1.807) is 11.3 Å². The van der Waals surface area contributed by atoms with E-state index in [2.05, 4.69) is 34.4 Å². The van der Waals surface area contributed by atoms with Crippen molar-refractivity contribution in [2.24, 2.45) is 23.2 Å². The lowest BCUT2D eigenvalue weighted by molar-refractivity contribution is -0.0618. The van der Waals surface area contributed by atoms with Crippen LogP contribution in [-0.2, 0) is 0 Å². The van der Waals surface area contributed by atoms with Crippen molar-refractivity contribution in [3.05, 3.63) is 19.8 Å². The maximum Gasteiger partial charge on any atom is 0.107 e. The van der Waals surface area contributed by atoms with Crippen LogP contribution in [0, 0.1) is 23.2 Å². The molecule has 0 aromatic carbocycles. The minimum atomic E-state index is 0.468. The van der Waals surface area contributed by atoms with Gasteiger partial charge in [-0.1, -0.05) is 11.6 Å². The summed E-state index contributed by atoms with van der Waals surface area (Å²) < 4.78 is 1.94. The number of halogens is 2. The molecular weight excluding hydrogens is 366 g/mol. The van der Waals surface area contributed by atoms with Gasteiger partial charge in [-0.3, -0.25) is 0 Å². The normalized spacial score (nSPS) is 38.9. The fourth-order valence-electron chi connectivity index (χ4n) is 5.85. The molecule has 1 unspecified atom stereocenters. The molecule has 1 aromatic heterocycles. The van der Waals surface area contributed by atoms with Crippen molar-refractivity contribution in [1.29, 1.82) is 0 Å². The third-order valence-corrected chi connectivity index (χ3v) is 8.75. The van der Waals surface area contributed by atoms with Gasteiger partial charge in [0, 0.05) is 15.4 Å². The summed E-state index contributed by atoms with van der Waals surface area (Å²) in [5, 5.41) is 3.56. The van der Waals surface area contributed by atoms with Crippen LogP contribution in [0.3, 0.4) is 0 Å². The number of hydrogen-bond donors (Lipinski definition) is 1. The maximum absolute atomic E-state index is 6.25. The predicted octanol–water partition coefficient (Wildman–Crippen LogP) is 6.03. The van der Waals surface area contributed by atoms with Crippen molar-refractivity contribution in [2.75, 3.05) is 7.05 Å². The maximum atomic E-state index is 6.25. The van der Waals surface area contributed by atoms with Crippen molar-refractivity contribution in [2.45, 2.75) is 51.0 Å². The summed E-state index contributed by atoms with van der Waals surface area (Å²) in [5.41, 5.74) is 0.616. The third-order valence-electron chi connectivity index (χ3n) is 6.16. The zero-order valence-corrected chi connectivity index (χ0v) is 15.7. The standard InChI is InChI=1S/C17H23BrClNS/c1-20-14(15-5-13(18)16(19)21-15)9-17-6-10-2-11(7-17)4-12(3-10)8-17/h5,10-12,14,20H,2-4,6-9H2,1H3. The van der Waals surface area contributed by atoms with Crippen molar-refractivity contribution in [3.8, 4) is 0 Å². The molecule has 4 heteroatoms. The van der Waals surface area contributed by atoms with Gasteiger partial charge >= 0.3 is 0 Å². The minimum Gasteiger partial charge on any atom is -0.312 e. The van der Waals surface area contributed by atoms with Crippen LogP contribution in [0.5, 0.6) is 0 Å². The fourth-order valence-corrected chi connectivity index (χ4v) is 7.70. The van der Waals surface area contributed by atoms with E-state index in [0.29, 0.717) is 11.5 Å². The van der Waals surface area contributed by atoms with Crippen LogP contribution in [0.15, 0.2) is 10.5 Å². The molecule has 1 heterocycles. The highest BCUT2D eigenvalue weighted by Gasteiger charge is 2.51. The molecule has 0 aliphatic heterocycles. The quantitative estimate of drug-likeness (QED) is 0.664. The van der Waals surface area contributed by atoms with Gasteiger partial charge in [0.1, 0.15) is 4.34 Å². The molecule has 116 valence electrons. The summed E-state index contributed by atoms with van der Waals surface area (Å²) in [4.78, 5) is 1.39. The first-order chi connectivity index (χ1) is 10.1. The van der Waals surface area contributed by atoms with Crippen molar-refractivity contribution in [1.82, 2.24) is 5.32 Å². The summed E-state index contributed by atoms with van der Waals surface area (Å²) in [6, 6.07) is 2.68. The molecule has 5 rings (SSSR count). The van der Waals surface area contributed by atoms with Gasteiger partial charge in [-0.15, -0.1) is 11.3 Å². The summed E-state index contributed by atoms with van der Waals surface area (Å²) in [6.45, 7) is 0. The lowest BCUT2D eigenvalue weighted by atomic mass is 9.48.